The van der Waals surface area contributed by atoms with Crippen molar-refractivity contribution in [1.29, 1.82) is 0 Å². The highest BCUT2D eigenvalue weighted by Gasteiger charge is 2.32. The fourth-order valence-electron chi connectivity index (χ4n) is 3.32. The molecule has 0 amide bonds. The molecule has 1 heterocycles. The maximum Gasteiger partial charge on any atom is 0.336 e. The molecule has 3 aromatic rings. The zero-order chi connectivity index (χ0) is 21.9. The molecule has 1 N–H and O–H groups in total. The molecule has 0 saturated heterocycles. The first-order valence-corrected chi connectivity index (χ1v) is 10.5. The lowest BCUT2D eigenvalue weighted by atomic mass is 9.99. The molecule has 6 heteroatoms. The molecule has 0 aliphatic carbocycles. The van der Waals surface area contributed by atoms with E-state index < -0.39 is 11.5 Å². The second-order valence-electron chi connectivity index (χ2n) is 7.70. The van der Waals surface area contributed by atoms with Gasteiger partial charge in [0.2, 0.25) is 0 Å². The van der Waals surface area contributed by atoms with Crippen LogP contribution < -0.4 is 10.9 Å². The van der Waals surface area contributed by atoms with E-state index in [1.54, 1.807) is 18.2 Å². The van der Waals surface area contributed by atoms with Crippen LogP contribution in [-0.2, 0) is 12.3 Å². The van der Waals surface area contributed by atoms with E-state index in [1.165, 1.54) is 12.5 Å². The zero-order valence-electron chi connectivity index (χ0n) is 17.3. The van der Waals surface area contributed by atoms with Crippen molar-refractivity contribution in [2.24, 2.45) is 0 Å². The molecule has 0 saturated carbocycles. The number of thiocarbonyl (C=S) groups is 1. The Morgan fingerprint density at radius 3 is 2.63 bits per heavy atom. The predicted octanol–water partition coefficient (Wildman–Crippen LogP) is 6.79. The normalized spacial score (nSPS) is 11.8. The third-order valence-electron chi connectivity index (χ3n) is 5.12. The van der Waals surface area contributed by atoms with Gasteiger partial charge in [-0.25, -0.2) is 13.6 Å². The van der Waals surface area contributed by atoms with Crippen LogP contribution in [0.2, 0.25) is 0 Å². The van der Waals surface area contributed by atoms with Crippen molar-refractivity contribution in [3.05, 3.63) is 75.6 Å². The standard InChI is InChI=1S/C24H25F2NO2S/c1-4-24(25,26)20-14-23(28)29-21-10-8-16(12-19(20)21)9-11-22(30)27-18-7-5-6-17(13-18)15(2)3/h5-8,10,12-15H,4,9,11H2,1-3H3,(H,27,30). The maximum absolute atomic E-state index is 14.4. The summed E-state index contributed by atoms with van der Waals surface area (Å²) >= 11 is 5.47. The van der Waals surface area contributed by atoms with Gasteiger partial charge in [-0.2, -0.15) is 0 Å². The van der Waals surface area contributed by atoms with Gasteiger partial charge >= 0.3 is 5.63 Å². The number of nitrogens with one attached hydrogen (secondary N) is 1. The van der Waals surface area contributed by atoms with Gasteiger partial charge in [0.05, 0.1) is 4.99 Å². The van der Waals surface area contributed by atoms with Crippen molar-refractivity contribution in [3.63, 3.8) is 0 Å². The number of aryl methyl sites for hydroxylation is 1. The highest BCUT2D eigenvalue weighted by molar-refractivity contribution is 7.80. The Hall–Kier alpha value is -2.60. The Kier molecular flexibility index (Phi) is 6.66. The van der Waals surface area contributed by atoms with Crippen molar-refractivity contribution in [3.8, 4) is 0 Å². The van der Waals surface area contributed by atoms with E-state index in [4.69, 9.17) is 16.6 Å². The highest BCUT2D eigenvalue weighted by atomic mass is 32.1. The second-order valence-corrected chi connectivity index (χ2v) is 8.19. The van der Waals surface area contributed by atoms with Gasteiger partial charge in [0.15, 0.2) is 0 Å². The quantitative estimate of drug-likeness (QED) is 0.332. The largest absolute Gasteiger partial charge is 0.423 e. The molecule has 0 aliphatic rings. The molecule has 0 spiro atoms. The summed E-state index contributed by atoms with van der Waals surface area (Å²) < 4.78 is 33.8. The molecule has 0 atom stereocenters. The lowest BCUT2D eigenvalue weighted by Gasteiger charge is -2.16. The summed E-state index contributed by atoms with van der Waals surface area (Å²) in [6, 6.07) is 14.0. The van der Waals surface area contributed by atoms with E-state index in [0.29, 0.717) is 23.7 Å². The number of rotatable bonds is 7. The second kappa shape index (κ2) is 9.04. The minimum atomic E-state index is -3.09. The molecular formula is C24H25F2NO2S. The smallest absolute Gasteiger partial charge is 0.336 e. The minimum absolute atomic E-state index is 0.167. The Morgan fingerprint density at radius 2 is 1.93 bits per heavy atom. The van der Waals surface area contributed by atoms with Crippen LogP contribution >= 0.6 is 12.2 Å². The van der Waals surface area contributed by atoms with Gasteiger partial charge in [-0.05, 0) is 47.7 Å². The SMILES string of the molecule is CCC(F)(F)c1cc(=O)oc2ccc(CCC(=S)Nc3cccc(C(C)C)c3)cc12. The molecular weight excluding hydrogens is 404 g/mol. The van der Waals surface area contributed by atoms with Crippen molar-refractivity contribution < 1.29 is 13.2 Å². The van der Waals surface area contributed by atoms with E-state index in [0.717, 1.165) is 17.3 Å². The van der Waals surface area contributed by atoms with Gasteiger partial charge < -0.3 is 9.73 Å². The molecule has 158 valence electrons. The first-order valence-electron chi connectivity index (χ1n) is 10.0. The number of hydrogen-bond acceptors (Lipinski definition) is 3. The third-order valence-corrected chi connectivity index (χ3v) is 5.43. The van der Waals surface area contributed by atoms with E-state index >= 15 is 0 Å². The van der Waals surface area contributed by atoms with Gasteiger partial charge in [-0.15, -0.1) is 0 Å². The molecule has 1 aromatic heterocycles. The van der Waals surface area contributed by atoms with E-state index in [-0.39, 0.29) is 23.0 Å². The van der Waals surface area contributed by atoms with Crippen LogP contribution in [0.3, 0.4) is 0 Å². The van der Waals surface area contributed by atoms with Crippen LogP contribution in [0.15, 0.2) is 57.7 Å². The summed E-state index contributed by atoms with van der Waals surface area (Å²) in [6.07, 6.45) is 0.768. The van der Waals surface area contributed by atoms with E-state index in [1.807, 2.05) is 12.1 Å². The van der Waals surface area contributed by atoms with Crippen molar-refractivity contribution >= 4 is 33.9 Å². The topological polar surface area (TPSA) is 42.2 Å². The number of halogens is 2. The molecule has 3 rings (SSSR count). The summed E-state index contributed by atoms with van der Waals surface area (Å²) in [5.41, 5.74) is 2.13. The summed E-state index contributed by atoms with van der Waals surface area (Å²) in [6.45, 7) is 5.66. The monoisotopic (exact) mass is 429 g/mol. The number of alkyl halides is 2. The molecule has 3 nitrogen and oxygen atoms in total. The molecule has 0 aliphatic heterocycles. The molecule has 30 heavy (non-hydrogen) atoms. The Balaban J connectivity index is 1.77. The van der Waals surface area contributed by atoms with Gasteiger partial charge in [-0.3, -0.25) is 0 Å². The highest BCUT2D eigenvalue weighted by Crippen LogP contribution is 2.35. The fourth-order valence-corrected chi connectivity index (χ4v) is 3.54. The van der Waals surface area contributed by atoms with Crippen LogP contribution in [-0.4, -0.2) is 4.99 Å². The summed E-state index contributed by atoms with van der Waals surface area (Å²) in [4.78, 5) is 12.4. The van der Waals surface area contributed by atoms with Crippen molar-refractivity contribution in [2.75, 3.05) is 5.32 Å². The van der Waals surface area contributed by atoms with Crippen LogP contribution in [0.5, 0.6) is 0 Å². The summed E-state index contributed by atoms with van der Waals surface area (Å²) in [5.74, 6) is -2.67. The predicted molar refractivity (Wildman–Crippen MR) is 122 cm³/mol. The zero-order valence-corrected chi connectivity index (χ0v) is 18.1. The maximum atomic E-state index is 14.4. The lowest BCUT2D eigenvalue weighted by Crippen LogP contribution is -2.15. The number of hydrogen-bond donors (Lipinski definition) is 1. The van der Waals surface area contributed by atoms with Gasteiger partial charge in [0, 0.05) is 35.5 Å². The van der Waals surface area contributed by atoms with E-state index in [9.17, 15) is 13.6 Å². The Morgan fingerprint density at radius 1 is 1.17 bits per heavy atom. The van der Waals surface area contributed by atoms with Crippen molar-refractivity contribution in [2.45, 2.75) is 51.9 Å². The Labute approximate surface area is 180 Å². The molecule has 0 radical (unpaired) electrons. The summed E-state index contributed by atoms with van der Waals surface area (Å²) in [5, 5.41) is 3.51. The molecule has 0 fully saturated rings. The summed E-state index contributed by atoms with van der Waals surface area (Å²) in [7, 11) is 0. The fraction of sp³-hybridized carbons (Fsp3) is 0.333. The first-order chi connectivity index (χ1) is 14.2. The molecule has 0 unspecified atom stereocenters. The number of benzene rings is 2. The molecule has 0 bridgehead atoms. The average Bonchev–Trinajstić information content (AvgIpc) is 2.71. The lowest BCUT2D eigenvalue weighted by molar-refractivity contribution is -0.00714. The van der Waals surface area contributed by atoms with Crippen LogP contribution in [0.4, 0.5) is 14.5 Å². The van der Waals surface area contributed by atoms with Gasteiger partial charge in [-0.1, -0.05) is 51.2 Å². The first kappa shape index (κ1) is 22.1. The van der Waals surface area contributed by atoms with Crippen LogP contribution in [0.1, 0.15) is 56.2 Å². The van der Waals surface area contributed by atoms with Crippen molar-refractivity contribution in [1.82, 2.24) is 0 Å². The van der Waals surface area contributed by atoms with E-state index in [2.05, 4.69) is 31.3 Å². The molecule has 2 aromatic carbocycles. The number of anilines is 1. The third kappa shape index (κ3) is 5.11. The van der Waals surface area contributed by atoms with Crippen LogP contribution in [0.25, 0.3) is 11.0 Å². The average molecular weight is 430 g/mol. The van der Waals surface area contributed by atoms with Gasteiger partial charge in [0.25, 0.3) is 5.92 Å². The number of fused-ring (bicyclic) bond motifs is 1. The Bertz CT molecular complexity index is 1120. The van der Waals surface area contributed by atoms with Crippen LogP contribution in [0, 0.1) is 0 Å². The van der Waals surface area contributed by atoms with Gasteiger partial charge in [0.1, 0.15) is 5.58 Å². The minimum Gasteiger partial charge on any atom is -0.423 e.